The quantitative estimate of drug-likeness (QED) is 0.448. The first-order valence-corrected chi connectivity index (χ1v) is 9.88. The van der Waals surface area contributed by atoms with E-state index in [9.17, 15) is 25.5 Å². The molecule has 0 aromatic heterocycles. The maximum absolute atomic E-state index is 11.7. The van der Waals surface area contributed by atoms with Gasteiger partial charge in [0.2, 0.25) is 0 Å². The van der Waals surface area contributed by atoms with Gasteiger partial charge in [0.05, 0.1) is 23.9 Å². The Labute approximate surface area is 150 Å². The minimum atomic E-state index is -1.37. The number of hydrogen-bond acceptors (Lipinski definition) is 5. The van der Waals surface area contributed by atoms with Crippen molar-refractivity contribution < 1.29 is 25.5 Å². The van der Waals surface area contributed by atoms with Crippen LogP contribution in [0.1, 0.15) is 59.8 Å². The molecule has 0 aromatic rings. The average molecular weight is 354 g/mol. The predicted molar refractivity (Wildman–Crippen MR) is 92.5 cm³/mol. The lowest BCUT2D eigenvalue weighted by atomic mass is 9.59. The Morgan fingerprint density at radius 3 is 2.08 bits per heavy atom. The summed E-state index contributed by atoms with van der Waals surface area (Å²) < 4.78 is 0. The zero-order valence-corrected chi connectivity index (χ0v) is 15.8. The van der Waals surface area contributed by atoms with E-state index in [1.54, 1.807) is 0 Å². The van der Waals surface area contributed by atoms with E-state index in [0.717, 1.165) is 12.8 Å². The Bertz CT molecular complexity index is 574. The predicted octanol–water partition coefficient (Wildman–Crippen LogP) is 1.05. The highest BCUT2D eigenvalue weighted by molar-refractivity contribution is 5.22. The molecule has 4 aliphatic rings. The zero-order chi connectivity index (χ0) is 18.6. The lowest BCUT2D eigenvalue weighted by molar-refractivity contribution is -0.178. The molecule has 0 radical (unpaired) electrons. The van der Waals surface area contributed by atoms with Crippen molar-refractivity contribution >= 4 is 0 Å². The summed E-state index contributed by atoms with van der Waals surface area (Å²) in [6.45, 7) is 7.59. The second kappa shape index (κ2) is 4.99. The molecule has 4 rings (SSSR count). The van der Waals surface area contributed by atoms with Crippen molar-refractivity contribution in [1.82, 2.24) is 0 Å². The molecule has 0 aromatic carbocycles. The van der Waals surface area contributed by atoms with Crippen molar-refractivity contribution in [2.24, 2.45) is 34.5 Å². The fourth-order valence-corrected chi connectivity index (χ4v) is 7.79. The van der Waals surface area contributed by atoms with Crippen LogP contribution in [0.2, 0.25) is 0 Å². The van der Waals surface area contributed by atoms with E-state index in [1.165, 1.54) is 0 Å². The molecule has 0 saturated heterocycles. The van der Waals surface area contributed by atoms with Crippen molar-refractivity contribution in [3.63, 3.8) is 0 Å². The molecule has 1 spiro atoms. The fraction of sp³-hybridized carbons (Fsp3) is 1.00. The van der Waals surface area contributed by atoms with E-state index in [0.29, 0.717) is 19.3 Å². The van der Waals surface area contributed by atoms with Gasteiger partial charge in [0, 0.05) is 16.7 Å². The molecule has 5 N–H and O–H groups in total. The molecule has 0 amide bonds. The highest BCUT2D eigenvalue weighted by Gasteiger charge is 2.72. The third-order valence-electron chi connectivity index (χ3n) is 9.24. The van der Waals surface area contributed by atoms with Crippen LogP contribution in [0, 0.1) is 34.5 Å². The van der Waals surface area contributed by atoms with Crippen molar-refractivity contribution in [3.8, 4) is 0 Å². The van der Waals surface area contributed by atoms with Crippen molar-refractivity contribution in [3.05, 3.63) is 0 Å². The highest BCUT2D eigenvalue weighted by Crippen LogP contribution is 2.68. The van der Waals surface area contributed by atoms with Gasteiger partial charge in [-0.25, -0.2) is 0 Å². The van der Waals surface area contributed by atoms with Gasteiger partial charge < -0.3 is 25.5 Å². The largest absolute Gasteiger partial charge is 0.392 e. The molecule has 25 heavy (non-hydrogen) atoms. The van der Waals surface area contributed by atoms with Gasteiger partial charge in [0.1, 0.15) is 5.60 Å². The fourth-order valence-electron chi connectivity index (χ4n) is 7.79. The summed E-state index contributed by atoms with van der Waals surface area (Å²) in [7, 11) is 0. The molecule has 0 heterocycles. The third-order valence-corrected chi connectivity index (χ3v) is 9.24. The highest BCUT2D eigenvalue weighted by atomic mass is 16.4. The Balaban J connectivity index is 1.83. The monoisotopic (exact) mass is 354 g/mol. The normalized spacial score (nSPS) is 63.0. The molecule has 4 aliphatic carbocycles. The van der Waals surface area contributed by atoms with Gasteiger partial charge in [-0.1, -0.05) is 20.8 Å². The van der Waals surface area contributed by atoms with Gasteiger partial charge in [0.15, 0.2) is 0 Å². The first-order chi connectivity index (χ1) is 11.4. The summed E-state index contributed by atoms with van der Waals surface area (Å²) >= 11 is 0. The van der Waals surface area contributed by atoms with E-state index in [4.69, 9.17) is 0 Å². The first kappa shape index (κ1) is 18.2. The van der Waals surface area contributed by atoms with Crippen molar-refractivity contribution in [1.29, 1.82) is 0 Å². The van der Waals surface area contributed by atoms with Crippen LogP contribution in [0.25, 0.3) is 0 Å². The molecule has 5 heteroatoms. The van der Waals surface area contributed by atoms with Crippen LogP contribution in [0.5, 0.6) is 0 Å². The van der Waals surface area contributed by atoms with Crippen molar-refractivity contribution in [2.45, 2.75) is 89.3 Å². The minimum absolute atomic E-state index is 0.0723. The molecule has 5 nitrogen and oxygen atoms in total. The summed E-state index contributed by atoms with van der Waals surface area (Å²) in [5.74, 6) is -0.147. The summed E-state index contributed by atoms with van der Waals surface area (Å²) in [6.07, 6.45) is 0.606. The van der Waals surface area contributed by atoms with Crippen LogP contribution in [0.3, 0.4) is 0 Å². The molecular formula is C20H34O5. The average Bonchev–Trinajstić information content (AvgIpc) is 2.71. The molecule has 144 valence electrons. The second-order valence-electron chi connectivity index (χ2n) is 10.5. The number of rotatable bonds is 0. The summed E-state index contributed by atoms with van der Waals surface area (Å²) in [5.41, 5.74) is -3.65. The number of hydrogen-bond donors (Lipinski definition) is 5. The summed E-state index contributed by atoms with van der Waals surface area (Å²) in [5, 5.41) is 55.4. The van der Waals surface area contributed by atoms with Crippen LogP contribution >= 0.6 is 0 Å². The molecule has 4 fully saturated rings. The Morgan fingerprint density at radius 2 is 1.44 bits per heavy atom. The molecule has 2 bridgehead atoms. The molecular weight excluding hydrogens is 320 g/mol. The maximum atomic E-state index is 11.7. The number of aliphatic hydroxyl groups is 5. The lowest BCUT2D eigenvalue weighted by Gasteiger charge is -2.47. The first-order valence-electron chi connectivity index (χ1n) is 9.88. The van der Waals surface area contributed by atoms with Gasteiger partial charge >= 0.3 is 0 Å². The Hall–Kier alpha value is -0.200. The second-order valence-corrected chi connectivity index (χ2v) is 10.5. The number of fused-ring (bicyclic) bond motifs is 2. The molecule has 4 saturated carbocycles. The van der Waals surface area contributed by atoms with E-state index in [1.807, 2.05) is 20.8 Å². The van der Waals surface area contributed by atoms with Gasteiger partial charge in [-0.15, -0.1) is 0 Å². The van der Waals surface area contributed by atoms with Crippen LogP contribution < -0.4 is 0 Å². The lowest BCUT2D eigenvalue weighted by Crippen LogP contribution is -2.57. The van der Waals surface area contributed by atoms with Gasteiger partial charge in [-0.2, -0.15) is 0 Å². The van der Waals surface area contributed by atoms with Crippen LogP contribution in [0.4, 0.5) is 0 Å². The van der Waals surface area contributed by atoms with E-state index >= 15 is 0 Å². The van der Waals surface area contributed by atoms with Crippen molar-refractivity contribution in [2.75, 3.05) is 0 Å². The topological polar surface area (TPSA) is 101 Å². The maximum Gasteiger partial charge on any atom is 0.101 e. The third kappa shape index (κ3) is 1.92. The SMILES string of the molecule is C[C@H]1[C@@H]2CC[C@H]3[C@@H](O)[C@@]2(C[C@@H](O)[C@@]2(O)[C@H]1C[C@H](O)C2(C)C)C[C@@]3(C)O. The zero-order valence-electron chi connectivity index (χ0n) is 15.8. The molecule has 10 atom stereocenters. The van der Waals surface area contributed by atoms with Crippen LogP contribution in [0.15, 0.2) is 0 Å². The van der Waals surface area contributed by atoms with Gasteiger partial charge in [-0.05, 0) is 56.8 Å². The number of aliphatic hydroxyl groups excluding tert-OH is 3. The minimum Gasteiger partial charge on any atom is -0.392 e. The Kier molecular flexibility index (Phi) is 3.63. The molecule has 0 aliphatic heterocycles. The summed E-state index contributed by atoms with van der Waals surface area (Å²) in [6, 6.07) is 0. The standard InChI is InChI=1S/C20H34O5/c1-10-11-5-6-12-16(23)19(11,9-18(12,4)24)8-15(22)20(25)13(10)7-14(21)17(20,2)3/h10-16,21-25H,5-9H2,1-4H3/t10-,11-,12-,13-,14-,15+,16+,18+,19-,20-/m0/s1. The van der Waals surface area contributed by atoms with E-state index in [2.05, 4.69) is 6.92 Å². The van der Waals surface area contributed by atoms with E-state index < -0.39 is 40.3 Å². The summed E-state index contributed by atoms with van der Waals surface area (Å²) in [4.78, 5) is 0. The van der Waals surface area contributed by atoms with Gasteiger partial charge in [-0.3, -0.25) is 0 Å². The van der Waals surface area contributed by atoms with E-state index in [-0.39, 0.29) is 23.7 Å². The Morgan fingerprint density at radius 1 is 0.840 bits per heavy atom. The smallest absolute Gasteiger partial charge is 0.101 e. The molecule has 0 unspecified atom stereocenters. The van der Waals surface area contributed by atoms with Crippen LogP contribution in [-0.2, 0) is 0 Å². The van der Waals surface area contributed by atoms with Gasteiger partial charge in [0.25, 0.3) is 0 Å². The van der Waals surface area contributed by atoms with Crippen LogP contribution in [-0.4, -0.2) is 55.0 Å².